The number of nitrogens with zero attached hydrogens (tertiary/aromatic N) is 5. The van der Waals surface area contributed by atoms with E-state index >= 15 is 0 Å². The Balaban J connectivity index is 1.37. The predicted octanol–water partition coefficient (Wildman–Crippen LogP) is 2.82. The van der Waals surface area contributed by atoms with Crippen LogP contribution in [0, 0.1) is 6.92 Å². The van der Waals surface area contributed by atoms with Gasteiger partial charge in [0, 0.05) is 51.4 Å². The average molecular weight is 562 g/mol. The highest BCUT2D eigenvalue weighted by atomic mass is 32.1. The molecule has 3 aromatic rings. The van der Waals surface area contributed by atoms with Crippen LogP contribution in [0.4, 0.5) is 11.4 Å². The van der Waals surface area contributed by atoms with Crippen molar-refractivity contribution in [1.29, 1.82) is 0 Å². The van der Waals surface area contributed by atoms with E-state index in [4.69, 9.17) is 0 Å². The standard InChI is InChI=1S/C29H35N7O3S/c1-21-27(40-33-32-21)29(39)36-15-6-14-34(17-18-36)25-10-9-23(28(38)35-13-5-11-30-12-16-35)20-24(25)31-26(37)19-22-7-3-2-4-8-22/h2-4,7-10,20,30H,5-6,11-19H2,1H3,(H,31,37). The number of hydrogen-bond donors (Lipinski definition) is 2. The molecule has 0 unspecified atom stereocenters. The highest BCUT2D eigenvalue weighted by Gasteiger charge is 2.26. The monoisotopic (exact) mass is 561 g/mol. The average Bonchev–Trinajstić information content (AvgIpc) is 3.15. The molecule has 2 aliphatic heterocycles. The van der Waals surface area contributed by atoms with Gasteiger partial charge in [-0.3, -0.25) is 14.4 Å². The molecule has 11 heteroatoms. The Hall–Kier alpha value is -3.83. The highest BCUT2D eigenvalue weighted by Crippen LogP contribution is 2.30. The molecule has 2 saturated heterocycles. The Morgan fingerprint density at radius 3 is 2.50 bits per heavy atom. The zero-order valence-electron chi connectivity index (χ0n) is 22.8. The Kier molecular flexibility index (Phi) is 9.02. The van der Waals surface area contributed by atoms with Gasteiger partial charge >= 0.3 is 0 Å². The summed E-state index contributed by atoms with van der Waals surface area (Å²) < 4.78 is 3.91. The molecule has 0 spiro atoms. The first-order chi connectivity index (χ1) is 19.5. The van der Waals surface area contributed by atoms with Crippen LogP contribution in [-0.2, 0) is 11.2 Å². The molecule has 3 heterocycles. The lowest BCUT2D eigenvalue weighted by molar-refractivity contribution is -0.115. The van der Waals surface area contributed by atoms with Gasteiger partial charge in [-0.05, 0) is 61.6 Å². The summed E-state index contributed by atoms with van der Waals surface area (Å²) in [5, 5.41) is 10.4. The Morgan fingerprint density at radius 2 is 1.70 bits per heavy atom. The number of carbonyl (C=O) groups is 3. The second-order valence-electron chi connectivity index (χ2n) is 10.2. The van der Waals surface area contributed by atoms with E-state index in [1.165, 1.54) is 0 Å². The molecule has 2 aliphatic rings. The van der Waals surface area contributed by atoms with Crippen LogP contribution in [0.5, 0.6) is 0 Å². The van der Waals surface area contributed by atoms with E-state index < -0.39 is 0 Å². The van der Waals surface area contributed by atoms with Crippen LogP contribution < -0.4 is 15.5 Å². The second kappa shape index (κ2) is 13.0. The van der Waals surface area contributed by atoms with E-state index in [0.717, 1.165) is 55.3 Å². The van der Waals surface area contributed by atoms with Crippen LogP contribution in [-0.4, -0.2) is 89.5 Å². The SMILES string of the molecule is Cc1nnsc1C(=O)N1CCCN(c2ccc(C(=O)N3CCCNCC3)cc2NC(=O)Cc2ccccc2)CC1. The maximum absolute atomic E-state index is 13.4. The maximum atomic E-state index is 13.4. The van der Waals surface area contributed by atoms with E-state index in [1.807, 2.05) is 52.3 Å². The van der Waals surface area contributed by atoms with Crippen molar-refractivity contribution in [2.24, 2.45) is 0 Å². The summed E-state index contributed by atoms with van der Waals surface area (Å²) in [5.74, 6) is -0.218. The van der Waals surface area contributed by atoms with Crippen LogP contribution >= 0.6 is 11.5 Å². The number of aromatic nitrogens is 2. The van der Waals surface area contributed by atoms with E-state index in [0.29, 0.717) is 54.5 Å². The lowest BCUT2D eigenvalue weighted by atomic mass is 10.1. The summed E-state index contributed by atoms with van der Waals surface area (Å²) >= 11 is 1.13. The van der Waals surface area contributed by atoms with Gasteiger partial charge in [-0.15, -0.1) is 5.10 Å². The fourth-order valence-corrected chi connectivity index (χ4v) is 5.81. The smallest absolute Gasteiger partial charge is 0.267 e. The fourth-order valence-electron chi connectivity index (χ4n) is 5.18. The van der Waals surface area contributed by atoms with Gasteiger partial charge in [0.15, 0.2) is 0 Å². The van der Waals surface area contributed by atoms with Gasteiger partial charge in [0.1, 0.15) is 4.88 Å². The first-order valence-corrected chi connectivity index (χ1v) is 14.6. The van der Waals surface area contributed by atoms with Crippen molar-refractivity contribution in [3.05, 3.63) is 70.2 Å². The van der Waals surface area contributed by atoms with Gasteiger partial charge in [-0.1, -0.05) is 34.8 Å². The Morgan fingerprint density at radius 1 is 0.900 bits per heavy atom. The molecule has 2 fully saturated rings. The van der Waals surface area contributed by atoms with Crippen LogP contribution in [0.2, 0.25) is 0 Å². The molecule has 3 amide bonds. The lowest BCUT2D eigenvalue weighted by Crippen LogP contribution is -2.35. The summed E-state index contributed by atoms with van der Waals surface area (Å²) in [7, 11) is 0. The minimum absolute atomic E-state index is 0.0324. The van der Waals surface area contributed by atoms with Crippen molar-refractivity contribution in [3.8, 4) is 0 Å². The summed E-state index contributed by atoms with van der Waals surface area (Å²) in [6.07, 6.45) is 1.92. The topological polar surface area (TPSA) is 111 Å². The van der Waals surface area contributed by atoms with Gasteiger partial charge in [0.05, 0.1) is 23.5 Å². The van der Waals surface area contributed by atoms with E-state index in [2.05, 4.69) is 25.1 Å². The van der Waals surface area contributed by atoms with Crippen molar-refractivity contribution in [3.63, 3.8) is 0 Å². The molecule has 0 bridgehead atoms. The molecule has 40 heavy (non-hydrogen) atoms. The highest BCUT2D eigenvalue weighted by molar-refractivity contribution is 7.07. The zero-order valence-corrected chi connectivity index (χ0v) is 23.6. The van der Waals surface area contributed by atoms with Crippen LogP contribution in [0.15, 0.2) is 48.5 Å². The molecule has 0 saturated carbocycles. The number of nitrogens with one attached hydrogen (secondary N) is 2. The van der Waals surface area contributed by atoms with E-state index in [1.54, 1.807) is 13.0 Å². The lowest BCUT2D eigenvalue weighted by Gasteiger charge is -2.27. The third kappa shape index (κ3) is 6.65. The molecular formula is C29H35N7O3S. The Bertz CT molecular complexity index is 1340. The predicted molar refractivity (Wildman–Crippen MR) is 156 cm³/mol. The first kappa shape index (κ1) is 27.7. The van der Waals surface area contributed by atoms with E-state index in [-0.39, 0.29) is 24.1 Å². The minimum Gasteiger partial charge on any atom is -0.368 e. The van der Waals surface area contributed by atoms with Crippen molar-refractivity contribution in [1.82, 2.24) is 24.7 Å². The number of benzene rings is 2. The van der Waals surface area contributed by atoms with Crippen molar-refractivity contribution in [2.75, 3.05) is 62.6 Å². The maximum Gasteiger partial charge on any atom is 0.267 e. The van der Waals surface area contributed by atoms with Crippen molar-refractivity contribution >= 4 is 40.6 Å². The van der Waals surface area contributed by atoms with E-state index in [9.17, 15) is 14.4 Å². The number of aryl methyl sites for hydroxylation is 1. The van der Waals surface area contributed by atoms with Crippen LogP contribution in [0.25, 0.3) is 0 Å². The van der Waals surface area contributed by atoms with Gasteiger partial charge < -0.3 is 25.3 Å². The summed E-state index contributed by atoms with van der Waals surface area (Å²) in [4.78, 5) is 46.1. The molecular weight excluding hydrogens is 526 g/mol. The molecule has 2 N–H and O–H groups in total. The van der Waals surface area contributed by atoms with Crippen LogP contribution in [0.1, 0.15) is 44.1 Å². The number of hydrogen-bond acceptors (Lipinski definition) is 8. The summed E-state index contributed by atoms with van der Waals surface area (Å²) in [6, 6.07) is 15.2. The van der Waals surface area contributed by atoms with Crippen molar-refractivity contribution in [2.45, 2.75) is 26.2 Å². The number of amides is 3. The molecule has 210 valence electrons. The summed E-state index contributed by atoms with van der Waals surface area (Å²) in [5.41, 5.74) is 3.59. The second-order valence-corrected chi connectivity index (χ2v) is 10.9. The van der Waals surface area contributed by atoms with Gasteiger partial charge in [-0.2, -0.15) is 0 Å². The quantitative estimate of drug-likeness (QED) is 0.476. The van der Waals surface area contributed by atoms with Crippen molar-refractivity contribution < 1.29 is 14.4 Å². The summed E-state index contributed by atoms with van der Waals surface area (Å²) in [6.45, 7) is 7.31. The van der Waals surface area contributed by atoms with Gasteiger partial charge in [0.25, 0.3) is 11.8 Å². The first-order valence-electron chi connectivity index (χ1n) is 13.8. The zero-order chi connectivity index (χ0) is 27.9. The molecule has 2 aromatic carbocycles. The molecule has 0 atom stereocenters. The van der Waals surface area contributed by atoms with Crippen LogP contribution in [0.3, 0.4) is 0 Å². The van der Waals surface area contributed by atoms with Gasteiger partial charge in [-0.25, -0.2) is 0 Å². The number of anilines is 2. The molecule has 0 aliphatic carbocycles. The Labute approximate surface area is 238 Å². The normalized spacial score (nSPS) is 16.3. The minimum atomic E-state index is -0.143. The molecule has 10 nitrogen and oxygen atoms in total. The molecule has 5 rings (SSSR count). The number of rotatable bonds is 6. The third-order valence-corrected chi connectivity index (χ3v) is 8.14. The molecule has 0 radical (unpaired) electrons. The molecule has 1 aromatic heterocycles. The van der Waals surface area contributed by atoms with Gasteiger partial charge in [0.2, 0.25) is 5.91 Å². The fraction of sp³-hybridized carbons (Fsp3) is 0.414. The largest absolute Gasteiger partial charge is 0.368 e. The third-order valence-electron chi connectivity index (χ3n) is 7.32. The number of carbonyl (C=O) groups excluding carboxylic acids is 3.